The van der Waals surface area contributed by atoms with Gasteiger partial charge < -0.3 is 24.8 Å². The third-order valence-corrected chi connectivity index (χ3v) is 5.20. The Balaban J connectivity index is 2.76. The third kappa shape index (κ3) is 7.16. The molecular weight excluding hydrogens is 439 g/mol. The Morgan fingerprint density at radius 2 is 2.00 bits per heavy atom. The van der Waals surface area contributed by atoms with Gasteiger partial charge in [-0.1, -0.05) is 6.92 Å². The molecule has 1 saturated heterocycles. The van der Waals surface area contributed by atoms with Crippen molar-refractivity contribution >= 4 is 40.6 Å². The molecule has 2 unspecified atom stereocenters. The molecule has 0 aromatic heterocycles. The predicted octanol–water partition coefficient (Wildman–Crippen LogP) is -0.105. The van der Waals surface area contributed by atoms with Gasteiger partial charge in [-0.25, -0.2) is 0 Å². The molecule has 2 amide bonds. The Bertz CT molecular complexity index is 477. The van der Waals surface area contributed by atoms with Crippen LogP contribution in [0.1, 0.15) is 33.6 Å². The van der Waals surface area contributed by atoms with Gasteiger partial charge in [0.2, 0.25) is 11.8 Å². The molecule has 0 saturated carbocycles. The molecule has 0 bridgehead atoms. The van der Waals surface area contributed by atoms with E-state index in [9.17, 15) is 14.4 Å². The minimum Gasteiger partial charge on any atom is -0.344 e. The zero-order valence-corrected chi connectivity index (χ0v) is 17.2. The van der Waals surface area contributed by atoms with Crippen molar-refractivity contribution in [1.82, 2.24) is 16.0 Å². The fourth-order valence-electron chi connectivity index (χ4n) is 2.88. The smallest absolute Gasteiger partial charge is 0.245 e. The average Bonchev–Trinajstić information content (AvgIpc) is 2.58. The molecule has 1 fully saturated rings. The summed E-state index contributed by atoms with van der Waals surface area (Å²) in [5, 5.41) is 8.67. The summed E-state index contributed by atoms with van der Waals surface area (Å²) in [7, 11) is 0. The zero-order valence-electron chi connectivity index (χ0n) is 15.0. The standard InChI is InChI=1S/C16H29IN4O4/c1-9-6-12(8-19-7-9)15(23)21-14(11(3)25-17)16(24)20-13(4-5-18)10(2)22/h9,11-14,19H,4-8,18H2,1-3H3,(H,20,24)(H,21,23)/t9?,11-,12?,13-,14-/m0/s1. The predicted molar refractivity (Wildman–Crippen MR) is 103 cm³/mol. The van der Waals surface area contributed by atoms with Crippen molar-refractivity contribution in [3.63, 3.8) is 0 Å². The molecule has 0 aliphatic carbocycles. The average molecular weight is 468 g/mol. The molecule has 8 nitrogen and oxygen atoms in total. The van der Waals surface area contributed by atoms with E-state index in [0.29, 0.717) is 18.9 Å². The van der Waals surface area contributed by atoms with Gasteiger partial charge in [-0.05, 0) is 45.7 Å². The van der Waals surface area contributed by atoms with Gasteiger partial charge in [0.15, 0.2) is 5.78 Å². The molecule has 144 valence electrons. The van der Waals surface area contributed by atoms with Gasteiger partial charge in [-0.3, -0.25) is 14.4 Å². The molecule has 0 aromatic rings. The fraction of sp³-hybridized carbons (Fsp3) is 0.812. The van der Waals surface area contributed by atoms with E-state index in [4.69, 9.17) is 8.80 Å². The van der Waals surface area contributed by atoms with Gasteiger partial charge in [0.05, 0.1) is 18.1 Å². The zero-order chi connectivity index (χ0) is 19.0. The number of nitrogens with two attached hydrogens (primary N) is 1. The summed E-state index contributed by atoms with van der Waals surface area (Å²) in [6, 6.07) is -1.53. The Labute approximate surface area is 163 Å². The summed E-state index contributed by atoms with van der Waals surface area (Å²) >= 11 is 1.70. The number of nitrogens with one attached hydrogen (secondary N) is 3. The number of ketones is 1. The van der Waals surface area contributed by atoms with Crippen molar-refractivity contribution in [2.45, 2.75) is 51.8 Å². The first kappa shape index (κ1) is 22.3. The van der Waals surface area contributed by atoms with E-state index in [2.05, 4.69) is 22.9 Å². The van der Waals surface area contributed by atoms with Crippen LogP contribution in [0.15, 0.2) is 0 Å². The van der Waals surface area contributed by atoms with Crippen molar-refractivity contribution in [1.29, 1.82) is 0 Å². The van der Waals surface area contributed by atoms with Crippen LogP contribution in [0.3, 0.4) is 0 Å². The van der Waals surface area contributed by atoms with E-state index in [1.807, 2.05) is 0 Å². The van der Waals surface area contributed by atoms with Crippen LogP contribution in [0.2, 0.25) is 0 Å². The van der Waals surface area contributed by atoms with Gasteiger partial charge in [0, 0.05) is 6.54 Å². The number of carbonyl (C=O) groups is 3. The summed E-state index contributed by atoms with van der Waals surface area (Å²) < 4.78 is 5.21. The number of rotatable bonds is 9. The maximum absolute atomic E-state index is 12.6. The molecule has 0 radical (unpaired) electrons. The SMILES string of the molecule is CC(=O)[C@H](CCN)NC(=O)[C@@H](NC(=O)C1CNCC(C)C1)[C@H](C)OI. The first-order chi connectivity index (χ1) is 11.8. The van der Waals surface area contributed by atoms with Crippen LogP contribution in [0.4, 0.5) is 0 Å². The highest BCUT2D eigenvalue weighted by Gasteiger charge is 2.33. The van der Waals surface area contributed by atoms with Crippen LogP contribution in [-0.4, -0.2) is 55.4 Å². The molecule has 1 rings (SSSR count). The largest absolute Gasteiger partial charge is 0.344 e. The number of hydrogen-bond donors (Lipinski definition) is 4. The van der Waals surface area contributed by atoms with E-state index in [1.165, 1.54) is 6.92 Å². The second kappa shape index (κ2) is 11.0. The minimum atomic E-state index is -0.874. The summed E-state index contributed by atoms with van der Waals surface area (Å²) in [5.41, 5.74) is 5.49. The lowest BCUT2D eigenvalue weighted by molar-refractivity contribution is -0.134. The Morgan fingerprint density at radius 3 is 2.52 bits per heavy atom. The fourth-order valence-corrected chi connectivity index (χ4v) is 3.17. The molecule has 5 atom stereocenters. The van der Waals surface area contributed by atoms with E-state index in [1.54, 1.807) is 29.9 Å². The van der Waals surface area contributed by atoms with Crippen molar-refractivity contribution < 1.29 is 17.4 Å². The maximum Gasteiger partial charge on any atom is 0.245 e. The number of piperidine rings is 1. The summed E-state index contributed by atoms with van der Waals surface area (Å²) in [6.45, 7) is 6.95. The molecule has 25 heavy (non-hydrogen) atoms. The molecule has 1 aliphatic heterocycles. The van der Waals surface area contributed by atoms with Crippen LogP contribution in [0.25, 0.3) is 0 Å². The normalized spacial score (nSPS) is 24.0. The number of carbonyl (C=O) groups excluding carboxylic acids is 3. The van der Waals surface area contributed by atoms with Gasteiger partial charge in [-0.2, -0.15) is 0 Å². The van der Waals surface area contributed by atoms with Crippen LogP contribution >= 0.6 is 23.0 Å². The number of halogens is 1. The first-order valence-electron chi connectivity index (χ1n) is 8.59. The van der Waals surface area contributed by atoms with Gasteiger partial charge in [-0.15, -0.1) is 0 Å². The van der Waals surface area contributed by atoms with Gasteiger partial charge in [0.1, 0.15) is 29.0 Å². The molecule has 1 heterocycles. The van der Waals surface area contributed by atoms with Gasteiger partial charge >= 0.3 is 0 Å². The lowest BCUT2D eigenvalue weighted by atomic mass is 9.91. The van der Waals surface area contributed by atoms with Crippen LogP contribution < -0.4 is 21.7 Å². The van der Waals surface area contributed by atoms with Crippen molar-refractivity contribution in [3.8, 4) is 0 Å². The van der Waals surface area contributed by atoms with E-state index < -0.39 is 24.1 Å². The van der Waals surface area contributed by atoms with Gasteiger partial charge in [0.25, 0.3) is 0 Å². The minimum absolute atomic E-state index is 0.169. The molecule has 0 aromatic carbocycles. The quantitative estimate of drug-likeness (QED) is 0.351. The highest BCUT2D eigenvalue weighted by atomic mass is 127. The summed E-state index contributed by atoms with van der Waals surface area (Å²) in [4.78, 5) is 36.8. The van der Waals surface area contributed by atoms with Crippen molar-refractivity contribution in [2.24, 2.45) is 17.6 Å². The topological polar surface area (TPSA) is 123 Å². The molecule has 9 heteroatoms. The second-order valence-corrected chi connectivity index (χ2v) is 7.23. The highest BCUT2D eigenvalue weighted by Crippen LogP contribution is 2.16. The summed E-state index contributed by atoms with van der Waals surface area (Å²) in [5.74, 6) is -0.576. The lowest BCUT2D eigenvalue weighted by Crippen LogP contribution is -2.57. The molecular formula is C16H29IN4O4. The monoisotopic (exact) mass is 468 g/mol. The van der Waals surface area contributed by atoms with E-state index in [0.717, 1.165) is 13.0 Å². The van der Waals surface area contributed by atoms with E-state index >= 15 is 0 Å². The first-order valence-corrected chi connectivity index (χ1v) is 9.47. The third-order valence-electron chi connectivity index (χ3n) is 4.39. The summed E-state index contributed by atoms with van der Waals surface area (Å²) in [6.07, 6.45) is 0.588. The number of Topliss-reactive ketones (excluding diaryl/α,β-unsaturated/α-hetero) is 1. The number of hydrogen-bond acceptors (Lipinski definition) is 6. The molecule has 1 aliphatic rings. The van der Waals surface area contributed by atoms with Crippen LogP contribution in [0, 0.1) is 11.8 Å². The Hall–Kier alpha value is -0.780. The number of amides is 2. The Kier molecular flexibility index (Phi) is 9.83. The Morgan fingerprint density at radius 1 is 1.32 bits per heavy atom. The van der Waals surface area contributed by atoms with Crippen molar-refractivity contribution in [3.05, 3.63) is 0 Å². The van der Waals surface area contributed by atoms with Crippen molar-refractivity contribution in [2.75, 3.05) is 19.6 Å². The van der Waals surface area contributed by atoms with E-state index in [-0.39, 0.29) is 24.2 Å². The molecule has 0 spiro atoms. The molecule has 5 N–H and O–H groups in total. The van der Waals surface area contributed by atoms with Crippen LogP contribution in [-0.2, 0) is 17.4 Å². The maximum atomic E-state index is 12.6. The second-order valence-electron chi connectivity index (χ2n) is 6.73. The highest BCUT2D eigenvalue weighted by molar-refractivity contribution is 14.1. The van der Waals surface area contributed by atoms with Crippen LogP contribution in [0.5, 0.6) is 0 Å². The lowest BCUT2D eigenvalue weighted by Gasteiger charge is -2.30.